The standard InChI is InChI=1S/C15H19FN4O/c1-4-17-15-18-10(3)8-14(20-15)19-11-6-7-13(21-5-2)12(16)9-11/h6-9H,4-5H2,1-3H3,(H2,17,18,19,20). The number of benzene rings is 1. The molecule has 1 heterocycles. The summed E-state index contributed by atoms with van der Waals surface area (Å²) in [6.07, 6.45) is 0. The van der Waals surface area contributed by atoms with Crippen molar-refractivity contribution in [1.82, 2.24) is 9.97 Å². The topological polar surface area (TPSA) is 59.1 Å². The zero-order valence-corrected chi connectivity index (χ0v) is 12.4. The lowest BCUT2D eigenvalue weighted by Gasteiger charge is -2.10. The number of aromatic nitrogens is 2. The molecule has 5 nitrogen and oxygen atoms in total. The van der Waals surface area contributed by atoms with E-state index in [0.717, 1.165) is 12.2 Å². The average Bonchev–Trinajstić information content (AvgIpc) is 2.42. The van der Waals surface area contributed by atoms with Crippen LogP contribution < -0.4 is 15.4 Å². The van der Waals surface area contributed by atoms with Gasteiger partial charge >= 0.3 is 0 Å². The van der Waals surface area contributed by atoms with Crippen LogP contribution in [0.5, 0.6) is 5.75 Å². The molecule has 0 radical (unpaired) electrons. The summed E-state index contributed by atoms with van der Waals surface area (Å²) >= 11 is 0. The maximum atomic E-state index is 13.8. The molecule has 112 valence electrons. The number of aryl methyl sites for hydroxylation is 1. The number of ether oxygens (including phenoxy) is 1. The van der Waals surface area contributed by atoms with E-state index >= 15 is 0 Å². The summed E-state index contributed by atoms with van der Waals surface area (Å²) in [5.41, 5.74) is 1.44. The maximum absolute atomic E-state index is 13.8. The Hall–Kier alpha value is -2.37. The second-order valence-corrected chi connectivity index (χ2v) is 4.45. The molecule has 2 N–H and O–H groups in total. The molecule has 0 aliphatic carbocycles. The zero-order chi connectivity index (χ0) is 15.2. The largest absolute Gasteiger partial charge is 0.491 e. The highest BCUT2D eigenvalue weighted by Gasteiger charge is 2.06. The number of anilines is 3. The van der Waals surface area contributed by atoms with Crippen molar-refractivity contribution in [2.75, 3.05) is 23.8 Å². The van der Waals surface area contributed by atoms with Gasteiger partial charge in [0.25, 0.3) is 0 Å². The predicted octanol–water partition coefficient (Wildman–Crippen LogP) is 3.50. The van der Waals surface area contributed by atoms with Gasteiger partial charge in [0.15, 0.2) is 11.6 Å². The fourth-order valence-corrected chi connectivity index (χ4v) is 1.87. The Balaban J connectivity index is 2.19. The van der Waals surface area contributed by atoms with Gasteiger partial charge < -0.3 is 15.4 Å². The third-order valence-corrected chi connectivity index (χ3v) is 2.69. The van der Waals surface area contributed by atoms with Crippen LogP contribution in [0.4, 0.5) is 21.8 Å². The third-order valence-electron chi connectivity index (χ3n) is 2.69. The molecular formula is C15H19FN4O. The van der Waals surface area contributed by atoms with Crippen molar-refractivity contribution >= 4 is 17.5 Å². The van der Waals surface area contributed by atoms with Gasteiger partial charge in [0, 0.05) is 30.1 Å². The van der Waals surface area contributed by atoms with Crippen LogP contribution in [0.1, 0.15) is 19.5 Å². The zero-order valence-electron chi connectivity index (χ0n) is 12.4. The maximum Gasteiger partial charge on any atom is 0.224 e. The second kappa shape index (κ2) is 6.88. The fourth-order valence-electron chi connectivity index (χ4n) is 1.87. The SMILES string of the molecule is CCNc1nc(C)cc(Nc2ccc(OCC)c(F)c2)n1. The average molecular weight is 290 g/mol. The van der Waals surface area contributed by atoms with E-state index in [1.165, 1.54) is 6.07 Å². The van der Waals surface area contributed by atoms with Gasteiger partial charge in [-0.3, -0.25) is 0 Å². The van der Waals surface area contributed by atoms with Crippen LogP contribution >= 0.6 is 0 Å². The predicted molar refractivity (Wildman–Crippen MR) is 81.8 cm³/mol. The smallest absolute Gasteiger partial charge is 0.224 e. The summed E-state index contributed by atoms with van der Waals surface area (Å²) in [6.45, 7) is 6.84. The molecule has 0 saturated heterocycles. The first-order valence-electron chi connectivity index (χ1n) is 6.91. The van der Waals surface area contributed by atoms with Gasteiger partial charge in [-0.1, -0.05) is 0 Å². The summed E-state index contributed by atoms with van der Waals surface area (Å²) in [4.78, 5) is 8.58. The van der Waals surface area contributed by atoms with Gasteiger partial charge in [0.1, 0.15) is 5.82 Å². The Morgan fingerprint density at radius 1 is 1.19 bits per heavy atom. The van der Waals surface area contributed by atoms with Crippen LogP contribution in [-0.2, 0) is 0 Å². The molecule has 0 bridgehead atoms. The van der Waals surface area contributed by atoms with Crippen molar-refractivity contribution < 1.29 is 9.13 Å². The normalized spacial score (nSPS) is 10.3. The molecule has 0 unspecified atom stereocenters. The van der Waals surface area contributed by atoms with Crippen LogP contribution in [0.15, 0.2) is 24.3 Å². The minimum Gasteiger partial charge on any atom is -0.491 e. The van der Waals surface area contributed by atoms with E-state index in [0.29, 0.717) is 24.1 Å². The van der Waals surface area contributed by atoms with Gasteiger partial charge in [0.2, 0.25) is 5.95 Å². The van der Waals surface area contributed by atoms with Crippen molar-refractivity contribution in [3.8, 4) is 5.75 Å². The Kier molecular flexibility index (Phi) is 4.92. The number of rotatable bonds is 6. The Morgan fingerprint density at radius 3 is 2.67 bits per heavy atom. The van der Waals surface area contributed by atoms with E-state index in [4.69, 9.17) is 4.74 Å². The molecule has 2 rings (SSSR count). The molecule has 0 amide bonds. The first-order valence-corrected chi connectivity index (χ1v) is 6.91. The molecule has 0 aliphatic rings. The molecular weight excluding hydrogens is 271 g/mol. The Labute approximate surface area is 123 Å². The molecule has 21 heavy (non-hydrogen) atoms. The first kappa shape index (κ1) is 15.0. The van der Waals surface area contributed by atoms with E-state index in [-0.39, 0.29) is 5.75 Å². The quantitative estimate of drug-likeness (QED) is 0.852. The van der Waals surface area contributed by atoms with Crippen LogP contribution in [0.2, 0.25) is 0 Å². The Morgan fingerprint density at radius 2 is 2.00 bits per heavy atom. The van der Waals surface area contributed by atoms with E-state index in [2.05, 4.69) is 20.6 Å². The van der Waals surface area contributed by atoms with E-state index in [1.807, 2.05) is 20.8 Å². The molecule has 1 aromatic carbocycles. The molecule has 1 aromatic heterocycles. The van der Waals surface area contributed by atoms with Crippen molar-refractivity contribution in [1.29, 1.82) is 0 Å². The monoisotopic (exact) mass is 290 g/mol. The van der Waals surface area contributed by atoms with Crippen molar-refractivity contribution in [2.24, 2.45) is 0 Å². The summed E-state index contributed by atoms with van der Waals surface area (Å²) in [5.74, 6) is 1.00. The Bertz CT molecular complexity index is 619. The van der Waals surface area contributed by atoms with Gasteiger partial charge in [-0.2, -0.15) is 4.98 Å². The summed E-state index contributed by atoms with van der Waals surface area (Å²) in [5, 5.41) is 6.12. The first-order chi connectivity index (χ1) is 10.1. The lowest BCUT2D eigenvalue weighted by Crippen LogP contribution is -2.05. The third kappa shape index (κ3) is 4.05. The molecule has 2 aromatic rings. The highest BCUT2D eigenvalue weighted by molar-refractivity contribution is 5.58. The van der Waals surface area contributed by atoms with E-state index < -0.39 is 5.82 Å². The van der Waals surface area contributed by atoms with Gasteiger partial charge in [-0.25, -0.2) is 9.37 Å². The van der Waals surface area contributed by atoms with Crippen LogP contribution in [0, 0.1) is 12.7 Å². The van der Waals surface area contributed by atoms with E-state index in [9.17, 15) is 4.39 Å². The molecule has 6 heteroatoms. The number of halogens is 1. The van der Waals surface area contributed by atoms with E-state index in [1.54, 1.807) is 18.2 Å². The minimum atomic E-state index is -0.403. The minimum absolute atomic E-state index is 0.246. The lowest BCUT2D eigenvalue weighted by atomic mass is 10.3. The molecule has 0 atom stereocenters. The summed E-state index contributed by atoms with van der Waals surface area (Å²) in [6, 6.07) is 6.53. The number of nitrogens with one attached hydrogen (secondary N) is 2. The number of hydrogen-bond donors (Lipinski definition) is 2. The van der Waals surface area contributed by atoms with Crippen molar-refractivity contribution in [3.05, 3.63) is 35.8 Å². The van der Waals surface area contributed by atoms with Crippen molar-refractivity contribution in [3.63, 3.8) is 0 Å². The van der Waals surface area contributed by atoms with Crippen LogP contribution in [0.3, 0.4) is 0 Å². The number of hydrogen-bond acceptors (Lipinski definition) is 5. The van der Waals surface area contributed by atoms with Crippen molar-refractivity contribution in [2.45, 2.75) is 20.8 Å². The lowest BCUT2D eigenvalue weighted by molar-refractivity contribution is 0.321. The van der Waals surface area contributed by atoms with Gasteiger partial charge in [-0.15, -0.1) is 0 Å². The van der Waals surface area contributed by atoms with Crippen LogP contribution in [0.25, 0.3) is 0 Å². The molecule has 0 aliphatic heterocycles. The summed E-state index contributed by atoms with van der Waals surface area (Å²) in [7, 11) is 0. The highest BCUT2D eigenvalue weighted by atomic mass is 19.1. The summed E-state index contributed by atoms with van der Waals surface area (Å²) < 4.78 is 19.0. The highest BCUT2D eigenvalue weighted by Crippen LogP contribution is 2.23. The van der Waals surface area contributed by atoms with Gasteiger partial charge in [-0.05, 0) is 32.9 Å². The molecule has 0 fully saturated rings. The van der Waals surface area contributed by atoms with Crippen LogP contribution in [-0.4, -0.2) is 23.1 Å². The molecule has 0 saturated carbocycles. The molecule has 0 spiro atoms. The number of nitrogens with zero attached hydrogens (tertiary/aromatic N) is 2. The fraction of sp³-hybridized carbons (Fsp3) is 0.333. The second-order valence-electron chi connectivity index (χ2n) is 4.45. The van der Waals surface area contributed by atoms with Gasteiger partial charge in [0.05, 0.1) is 6.61 Å².